The Morgan fingerprint density at radius 2 is 1.86 bits per heavy atom. The zero-order chi connectivity index (χ0) is 19.6. The smallest absolute Gasteiger partial charge is 0.166 e. The second-order valence-electron chi connectivity index (χ2n) is 7.09. The van der Waals surface area contributed by atoms with Gasteiger partial charge < -0.3 is 14.8 Å². The van der Waals surface area contributed by atoms with Crippen molar-refractivity contribution in [1.29, 1.82) is 0 Å². The van der Waals surface area contributed by atoms with Crippen LogP contribution in [0.4, 0.5) is 0 Å². The number of rotatable bonds is 10. The fourth-order valence-electron chi connectivity index (χ4n) is 3.50. The summed E-state index contributed by atoms with van der Waals surface area (Å²) in [6, 6.07) is 13.9. The van der Waals surface area contributed by atoms with E-state index >= 15 is 0 Å². The van der Waals surface area contributed by atoms with Crippen LogP contribution in [-0.2, 0) is 13.2 Å². The lowest BCUT2D eigenvalue weighted by Crippen LogP contribution is -2.16. The molecule has 0 aromatic heterocycles. The standard InChI is InChI=1S/C24H30ClNO2/c1-2-27-23-14-8-12-20(17-26-16-15-19-9-4-3-5-10-19)24(23)28-18-21-11-6-7-13-22(21)25/h6-9,11-14,26H,2-5,10,15-18H2,1H3. The average molecular weight is 400 g/mol. The molecule has 0 amide bonds. The van der Waals surface area contributed by atoms with Crippen LogP contribution in [0.2, 0.25) is 5.02 Å². The molecular weight excluding hydrogens is 370 g/mol. The molecule has 150 valence electrons. The maximum Gasteiger partial charge on any atom is 0.166 e. The Labute approximate surface area is 173 Å². The van der Waals surface area contributed by atoms with Crippen molar-refractivity contribution in [2.45, 2.75) is 52.2 Å². The highest BCUT2D eigenvalue weighted by molar-refractivity contribution is 6.31. The third-order valence-electron chi connectivity index (χ3n) is 5.01. The van der Waals surface area contributed by atoms with Crippen molar-refractivity contribution in [3.63, 3.8) is 0 Å². The average Bonchev–Trinajstić information content (AvgIpc) is 2.73. The first kappa shape index (κ1) is 20.8. The van der Waals surface area contributed by atoms with Crippen LogP contribution in [0.15, 0.2) is 54.1 Å². The molecule has 2 aromatic rings. The maximum atomic E-state index is 6.28. The zero-order valence-electron chi connectivity index (χ0n) is 16.7. The summed E-state index contributed by atoms with van der Waals surface area (Å²) in [5.74, 6) is 1.58. The van der Waals surface area contributed by atoms with E-state index in [4.69, 9.17) is 21.1 Å². The molecule has 1 aliphatic carbocycles. The molecule has 0 fully saturated rings. The van der Waals surface area contributed by atoms with Gasteiger partial charge in [0.15, 0.2) is 11.5 Å². The molecule has 0 aliphatic heterocycles. The van der Waals surface area contributed by atoms with Crippen LogP contribution in [0.5, 0.6) is 11.5 Å². The summed E-state index contributed by atoms with van der Waals surface area (Å²) in [5.41, 5.74) is 3.67. The fraction of sp³-hybridized carbons (Fsp3) is 0.417. The molecular formula is C24H30ClNO2. The first-order chi connectivity index (χ1) is 13.8. The van der Waals surface area contributed by atoms with Gasteiger partial charge in [-0.25, -0.2) is 0 Å². The number of hydrogen-bond acceptors (Lipinski definition) is 3. The number of ether oxygens (including phenoxy) is 2. The van der Waals surface area contributed by atoms with E-state index in [2.05, 4.69) is 17.5 Å². The van der Waals surface area contributed by atoms with E-state index in [0.29, 0.717) is 13.2 Å². The molecule has 0 unspecified atom stereocenters. The van der Waals surface area contributed by atoms with Gasteiger partial charge in [-0.3, -0.25) is 0 Å². The van der Waals surface area contributed by atoms with Crippen LogP contribution < -0.4 is 14.8 Å². The van der Waals surface area contributed by atoms with Crippen molar-refractivity contribution in [3.05, 3.63) is 70.3 Å². The third-order valence-corrected chi connectivity index (χ3v) is 5.38. The van der Waals surface area contributed by atoms with Crippen LogP contribution in [0.1, 0.15) is 50.2 Å². The summed E-state index contributed by atoms with van der Waals surface area (Å²) in [5, 5.41) is 4.29. The number of allylic oxidation sites excluding steroid dienone is 1. The van der Waals surface area contributed by atoms with Crippen LogP contribution in [0.3, 0.4) is 0 Å². The fourth-order valence-corrected chi connectivity index (χ4v) is 3.69. The highest BCUT2D eigenvalue weighted by Gasteiger charge is 2.12. The van der Waals surface area contributed by atoms with E-state index in [-0.39, 0.29) is 0 Å². The number of hydrogen-bond donors (Lipinski definition) is 1. The van der Waals surface area contributed by atoms with Gasteiger partial charge in [0.25, 0.3) is 0 Å². The van der Waals surface area contributed by atoms with Crippen LogP contribution in [-0.4, -0.2) is 13.2 Å². The largest absolute Gasteiger partial charge is 0.490 e. The summed E-state index contributed by atoms with van der Waals surface area (Å²) in [4.78, 5) is 0. The Morgan fingerprint density at radius 1 is 1.00 bits per heavy atom. The lowest BCUT2D eigenvalue weighted by Gasteiger charge is -2.17. The Hall–Kier alpha value is -1.97. The van der Waals surface area contributed by atoms with Crippen molar-refractivity contribution in [1.82, 2.24) is 5.32 Å². The monoisotopic (exact) mass is 399 g/mol. The highest BCUT2D eigenvalue weighted by Crippen LogP contribution is 2.33. The van der Waals surface area contributed by atoms with Gasteiger partial charge in [0.05, 0.1) is 6.61 Å². The molecule has 3 nitrogen and oxygen atoms in total. The molecule has 1 aliphatic rings. The number of para-hydroxylation sites is 1. The molecule has 1 N–H and O–H groups in total. The Bertz CT molecular complexity index is 788. The van der Waals surface area contributed by atoms with Gasteiger partial charge in [-0.2, -0.15) is 0 Å². The minimum atomic E-state index is 0.420. The number of benzene rings is 2. The van der Waals surface area contributed by atoms with Crippen molar-refractivity contribution in [2.24, 2.45) is 0 Å². The van der Waals surface area contributed by atoms with Gasteiger partial charge in [0.2, 0.25) is 0 Å². The Balaban J connectivity index is 1.63. The summed E-state index contributed by atoms with van der Waals surface area (Å²) in [6.45, 7) is 4.75. The first-order valence-corrected chi connectivity index (χ1v) is 10.6. The van der Waals surface area contributed by atoms with Gasteiger partial charge >= 0.3 is 0 Å². The molecule has 0 saturated carbocycles. The van der Waals surface area contributed by atoms with E-state index in [0.717, 1.165) is 47.2 Å². The summed E-state index contributed by atoms with van der Waals surface area (Å²) in [7, 11) is 0. The van der Waals surface area contributed by atoms with Crippen molar-refractivity contribution in [2.75, 3.05) is 13.2 Å². The van der Waals surface area contributed by atoms with Crippen molar-refractivity contribution in [3.8, 4) is 11.5 Å². The van der Waals surface area contributed by atoms with E-state index in [1.807, 2.05) is 43.3 Å². The van der Waals surface area contributed by atoms with E-state index in [1.54, 1.807) is 5.57 Å². The lowest BCUT2D eigenvalue weighted by atomic mass is 9.97. The SMILES string of the molecule is CCOc1cccc(CNCCC2=CCCCC2)c1OCc1ccccc1Cl. The second kappa shape index (κ2) is 11.1. The molecule has 0 heterocycles. The molecule has 28 heavy (non-hydrogen) atoms. The van der Waals surface area contributed by atoms with Crippen molar-refractivity contribution < 1.29 is 9.47 Å². The Kier molecular flexibility index (Phi) is 8.25. The quantitative estimate of drug-likeness (QED) is 0.375. The van der Waals surface area contributed by atoms with Gasteiger partial charge in [-0.05, 0) is 57.7 Å². The van der Waals surface area contributed by atoms with Gasteiger partial charge in [0, 0.05) is 22.7 Å². The Morgan fingerprint density at radius 3 is 2.64 bits per heavy atom. The zero-order valence-corrected chi connectivity index (χ0v) is 17.4. The molecule has 3 rings (SSSR count). The molecule has 2 aromatic carbocycles. The van der Waals surface area contributed by atoms with Gasteiger partial charge in [-0.1, -0.05) is 53.6 Å². The number of halogens is 1. The van der Waals surface area contributed by atoms with Crippen molar-refractivity contribution >= 4 is 11.6 Å². The molecule has 0 spiro atoms. The van der Waals surface area contributed by atoms with E-state index < -0.39 is 0 Å². The normalized spacial score (nSPS) is 13.9. The van der Waals surface area contributed by atoms with Crippen LogP contribution >= 0.6 is 11.6 Å². The summed E-state index contributed by atoms with van der Waals surface area (Å²) in [6.07, 6.45) is 8.72. The van der Waals surface area contributed by atoms with Crippen LogP contribution in [0, 0.1) is 0 Å². The third kappa shape index (κ3) is 6.02. The molecule has 0 radical (unpaired) electrons. The van der Waals surface area contributed by atoms with E-state index in [1.165, 1.54) is 25.7 Å². The van der Waals surface area contributed by atoms with Gasteiger partial charge in [-0.15, -0.1) is 0 Å². The predicted molar refractivity (Wildman–Crippen MR) is 116 cm³/mol. The maximum absolute atomic E-state index is 6.28. The minimum Gasteiger partial charge on any atom is -0.490 e. The number of nitrogens with one attached hydrogen (secondary N) is 1. The minimum absolute atomic E-state index is 0.420. The molecule has 4 heteroatoms. The van der Waals surface area contributed by atoms with Crippen LogP contribution in [0.25, 0.3) is 0 Å². The molecule has 0 atom stereocenters. The highest BCUT2D eigenvalue weighted by atomic mass is 35.5. The van der Waals surface area contributed by atoms with E-state index in [9.17, 15) is 0 Å². The summed E-state index contributed by atoms with van der Waals surface area (Å²) < 4.78 is 12.0. The van der Waals surface area contributed by atoms with Gasteiger partial charge in [0.1, 0.15) is 6.61 Å². The molecule has 0 bridgehead atoms. The first-order valence-electron chi connectivity index (χ1n) is 10.3. The topological polar surface area (TPSA) is 30.5 Å². The molecule has 0 saturated heterocycles. The predicted octanol–water partition coefficient (Wildman–Crippen LogP) is 6.30. The second-order valence-corrected chi connectivity index (χ2v) is 7.50. The lowest BCUT2D eigenvalue weighted by molar-refractivity contribution is 0.266. The summed E-state index contributed by atoms with van der Waals surface area (Å²) >= 11 is 6.28.